The summed E-state index contributed by atoms with van der Waals surface area (Å²) in [6.07, 6.45) is 17.5. The molecule has 0 amide bonds. The smallest absolute Gasteiger partial charge is 0.119 e. The average Bonchev–Trinajstić information content (AvgIpc) is 2.71. The van der Waals surface area contributed by atoms with Gasteiger partial charge in [0.1, 0.15) is 5.75 Å². The van der Waals surface area contributed by atoms with E-state index in [4.69, 9.17) is 9.47 Å². The van der Waals surface area contributed by atoms with Crippen LogP contribution in [0.25, 0.3) is 0 Å². The summed E-state index contributed by atoms with van der Waals surface area (Å²) in [4.78, 5) is 0. The number of ether oxygens (including phenoxy) is 2. The van der Waals surface area contributed by atoms with Crippen molar-refractivity contribution >= 4 is 0 Å². The first-order valence-corrected chi connectivity index (χ1v) is 11.7. The summed E-state index contributed by atoms with van der Waals surface area (Å²) in [5.74, 6) is 1.77. The van der Waals surface area contributed by atoms with Gasteiger partial charge in [0.25, 0.3) is 0 Å². The molecule has 2 rings (SSSR count). The number of benzene rings is 1. The van der Waals surface area contributed by atoms with E-state index in [0.717, 1.165) is 37.7 Å². The summed E-state index contributed by atoms with van der Waals surface area (Å²) < 4.78 is 12.0. The molecule has 2 unspecified atom stereocenters. The van der Waals surface area contributed by atoms with Crippen molar-refractivity contribution in [2.45, 2.75) is 103 Å². The minimum absolute atomic E-state index is 0.282. The molecule has 2 atom stereocenters. The van der Waals surface area contributed by atoms with Gasteiger partial charge < -0.3 is 9.47 Å². The molecule has 0 saturated carbocycles. The van der Waals surface area contributed by atoms with Gasteiger partial charge in [-0.2, -0.15) is 0 Å². The van der Waals surface area contributed by atoms with E-state index in [9.17, 15) is 0 Å². The Morgan fingerprint density at radius 2 is 1.48 bits per heavy atom. The van der Waals surface area contributed by atoms with E-state index >= 15 is 0 Å². The summed E-state index contributed by atoms with van der Waals surface area (Å²) in [6.45, 7) is 6.30. The van der Waals surface area contributed by atoms with Crippen molar-refractivity contribution < 1.29 is 9.47 Å². The Kier molecular flexibility index (Phi) is 11.6. The fourth-order valence-corrected chi connectivity index (χ4v) is 4.01. The number of hydrogen-bond acceptors (Lipinski definition) is 2. The number of hydrogen-bond donors (Lipinski definition) is 0. The molecule has 0 aromatic heterocycles. The van der Waals surface area contributed by atoms with Gasteiger partial charge >= 0.3 is 0 Å². The quantitative estimate of drug-likeness (QED) is 0.308. The lowest BCUT2D eigenvalue weighted by Gasteiger charge is -2.29. The van der Waals surface area contributed by atoms with E-state index in [0.29, 0.717) is 0 Å². The summed E-state index contributed by atoms with van der Waals surface area (Å²) >= 11 is 0. The maximum atomic E-state index is 6.20. The second-order valence-electron chi connectivity index (χ2n) is 8.30. The van der Waals surface area contributed by atoms with Crippen LogP contribution in [0.1, 0.15) is 109 Å². The van der Waals surface area contributed by atoms with E-state index < -0.39 is 0 Å². The molecule has 0 radical (unpaired) electrons. The Hall–Kier alpha value is -1.02. The lowest BCUT2D eigenvalue weighted by atomic mass is 9.91. The molecule has 1 fully saturated rings. The van der Waals surface area contributed by atoms with Gasteiger partial charge in [-0.15, -0.1) is 0 Å². The summed E-state index contributed by atoms with van der Waals surface area (Å²) in [5.41, 5.74) is 1.31. The van der Waals surface area contributed by atoms with Crippen LogP contribution in [0.3, 0.4) is 0 Å². The highest BCUT2D eigenvalue weighted by Gasteiger charge is 2.22. The minimum Gasteiger partial charge on any atom is -0.494 e. The monoisotopic (exact) mass is 374 g/mol. The van der Waals surface area contributed by atoms with Crippen molar-refractivity contribution in [3.05, 3.63) is 29.8 Å². The van der Waals surface area contributed by atoms with E-state index in [1.807, 2.05) is 0 Å². The molecule has 2 heteroatoms. The normalized spacial score (nSPS) is 19.9. The van der Waals surface area contributed by atoms with Crippen LogP contribution in [0.15, 0.2) is 24.3 Å². The highest BCUT2D eigenvalue weighted by Crippen LogP contribution is 2.33. The van der Waals surface area contributed by atoms with E-state index in [-0.39, 0.29) is 6.10 Å². The van der Waals surface area contributed by atoms with Crippen molar-refractivity contribution in [2.24, 2.45) is 5.92 Å². The van der Waals surface area contributed by atoms with Gasteiger partial charge in [0.05, 0.1) is 19.3 Å². The van der Waals surface area contributed by atoms with Crippen molar-refractivity contribution in [1.82, 2.24) is 0 Å². The second kappa shape index (κ2) is 14.0. The zero-order chi connectivity index (χ0) is 19.2. The molecule has 1 aromatic carbocycles. The van der Waals surface area contributed by atoms with Gasteiger partial charge in [-0.3, -0.25) is 0 Å². The van der Waals surface area contributed by atoms with Crippen molar-refractivity contribution in [3.63, 3.8) is 0 Å². The molecule has 0 spiro atoms. The van der Waals surface area contributed by atoms with Crippen molar-refractivity contribution in [2.75, 3.05) is 13.2 Å². The van der Waals surface area contributed by atoms with Crippen molar-refractivity contribution in [1.29, 1.82) is 0 Å². The first kappa shape index (κ1) is 22.3. The van der Waals surface area contributed by atoms with E-state index in [1.54, 1.807) is 0 Å². The maximum Gasteiger partial charge on any atom is 0.119 e. The van der Waals surface area contributed by atoms with Gasteiger partial charge in [0.2, 0.25) is 0 Å². The molecular weight excluding hydrogens is 332 g/mol. The average molecular weight is 375 g/mol. The third-order valence-electron chi connectivity index (χ3n) is 5.85. The largest absolute Gasteiger partial charge is 0.494 e. The van der Waals surface area contributed by atoms with Crippen molar-refractivity contribution in [3.8, 4) is 5.75 Å². The molecule has 0 bridgehead atoms. The Morgan fingerprint density at radius 3 is 2.15 bits per heavy atom. The zero-order valence-corrected chi connectivity index (χ0v) is 17.9. The Balaban J connectivity index is 1.59. The molecule has 1 aliphatic rings. The number of rotatable bonds is 14. The zero-order valence-electron chi connectivity index (χ0n) is 17.9. The van der Waals surface area contributed by atoms with Crippen LogP contribution in [-0.4, -0.2) is 13.2 Å². The third kappa shape index (κ3) is 9.14. The predicted octanol–water partition coefficient (Wildman–Crippen LogP) is 7.86. The lowest BCUT2D eigenvalue weighted by molar-refractivity contribution is -0.0199. The molecule has 0 N–H and O–H groups in total. The summed E-state index contributed by atoms with van der Waals surface area (Å²) in [6, 6.07) is 8.61. The second-order valence-corrected chi connectivity index (χ2v) is 8.30. The van der Waals surface area contributed by atoms with Crippen LogP contribution in [0.2, 0.25) is 0 Å². The highest BCUT2D eigenvalue weighted by atomic mass is 16.5. The van der Waals surface area contributed by atoms with Crippen LogP contribution < -0.4 is 4.74 Å². The van der Waals surface area contributed by atoms with E-state index in [1.165, 1.54) is 76.2 Å². The molecule has 1 saturated heterocycles. The first-order chi connectivity index (χ1) is 13.3. The molecule has 0 aliphatic carbocycles. The van der Waals surface area contributed by atoms with Crippen LogP contribution in [0.4, 0.5) is 0 Å². The third-order valence-corrected chi connectivity index (χ3v) is 5.85. The Labute approximate surface area is 168 Å². The molecule has 2 nitrogen and oxygen atoms in total. The highest BCUT2D eigenvalue weighted by molar-refractivity contribution is 5.28. The van der Waals surface area contributed by atoms with Crippen LogP contribution in [0, 0.1) is 5.92 Å². The molecule has 1 aromatic rings. The molecular formula is C25H42O2. The topological polar surface area (TPSA) is 18.5 Å². The van der Waals surface area contributed by atoms with Gasteiger partial charge in [-0.05, 0) is 49.3 Å². The fourth-order valence-electron chi connectivity index (χ4n) is 4.01. The summed E-state index contributed by atoms with van der Waals surface area (Å²) in [5, 5.41) is 0. The Morgan fingerprint density at radius 1 is 0.815 bits per heavy atom. The van der Waals surface area contributed by atoms with Gasteiger partial charge in [0.15, 0.2) is 0 Å². The molecule has 27 heavy (non-hydrogen) atoms. The van der Waals surface area contributed by atoms with Crippen LogP contribution in [0.5, 0.6) is 5.75 Å². The van der Waals surface area contributed by atoms with Gasteiger partial charge in [-0.1, -0.05) is 83.8 Å². The minimum atomic E-state index is 0.282. The first-order valence-electron chi connectivity index (χ1n) is 11.7. The predicted molar refractivity (Wildman–Crippen MR) is 115 cm³/mol. The molecule has 1 heterocycles. The molecule has 1 aliphatic heterocycles. The van der Waals surface area contributed by atoms with Crippen LogP contribution in [-0.2, 0) is 4.74 Å². The van der Waals surface area contributed by atoms with E-state index in [2.05, 4.69) is 38.1 Å². The maximum absolute atomic E-state index is 6.20. The van der Waals surface area contributed by atoms with Crippen LogP contribution >= 0.6 is 0 Å². The SMILES string of the molecule is CCCCCCCCC1CCC(c2ccc(OCCCCCC)cc2)OC1. The number of unbranched alkanes of at least 4 members (excludes halogenated alkanes) is 8. The lowest BCUT2D eigenvalue weighted by Crippen LogP contribution is -2.20. The molecule has 154 valence electrons. The van der Waals surface area contributed by atoms with Gasteiger partial charge in [-0.25, -0.2) is 0 Å². The standard InChI is InChI=1S/C25H42O2/c1-3-5-7-9-10-11-13-22-14-19-25(27-21-22)23-15-17-24(18-16-23)26-20-12-8-6-4-2/h15-18,22,25H,3-14,19-21H2,1-2H3. The summed E-state index contributed by atoms with van der Waals surface area (Å²) in [7, 11) is 0. The van der Waals surface area contributed by atoms with Gasteiger partial charge in [0, 0.05) is 0 Å². The fraction of sp³-hybridized carbons (Fsp3) is 0.760. The Bertz CT molecular complexity index is 460.